The van der Waals surface area contributed by atoms with Gasteiger partial charge in [-0.05, 0) is 52.6 Å². The minimum absolute atomic E-state index is 0.241. The van der Waals surface area contributed by atoms with E-state index in [1.807, 2.05) is 30.3 Å². The van der Waals surface area contributed by atoms with E-state index in [0.717, 1.165) is 49.8 Å². The summed E-state index contributed by atoms with van der Waals surface area (Å²) in [7, 11) is 0. The Hall–Kier alpha value is -3.25. The van der Waals surface area contributed by atoms with Crippen LogP contribution in [0.5, 0.6) is 5.88 Å². The summed E-state index contributed by atoms with van der Waals surface area (Å²) in [5, 5.41) is 12.8. The molecule has 0 amide bonds. The van der Waals surface area contributed by atoms with Gasteiger partial charge in [0, 0.05) is 44.3 Å². The standard InChI is InChI=1S/C31H33N3O2/c35-26(22-36-31-29-12-6-3-9-25(29)15-16-32-31)21-33-17-19-34(20-18-33)30-27-10-4-1-7-23(27)13-14-24-8-2-5-11-28(24)30/h1-12,15-16,26,30,35H,13-14,17-22H2. The molecule has 184 valence electrons. The molecule has 1 aromatic heterocycles. The number of ether oxygens (including phenoxy) is 1. The average Bonchev–Trinajstić information content (AvgIpc) is 3.09. The molecule has 1 unspecified atom stereocenters. The summed E-state index contributed by atoms with van der Waals surface area (Å²) in [6, 6.07) is 28.2. The van der Waals surface area contributed by atoms with Crippen LogP contribution in [0.15, 0.2) is 85.1 Å². The molecule has 0 saturated carbocycles. The Morgan fingerprint density at radius 1 is 0.806 bits per heavy atom. The number of aliphatic hydroxyl groups excluding tert-OH is 1. The molecule has 1 aliphatic heterocycles. The predicted molar refractivity (Wildman–Crippen MR) is 143 cm³/mol. The van der Waals surface area contributed by atoms with Crippen LogP contribution in [-0.4, -0.2) is 65.3 Å². The highest BCUT2D eigenvalue weighted by molar-refractivity contribution is 5.86. The number of aromatic nitrogens is 1. The lowest BCUT2D eigenvalue weighted by molar-refractivity contribution is 0.0394. The van der Waals surface area contributed by atoms with E-state index in [1.54, 1.807) is 6.20 Å². The van der Waals surface area contributed by atoms with Crippen molar-refractivity contribution < 1.29 is 9.84 Å². The Morgan fingerprint density at radius 3 is 2.17 bits per heavy atom. The number of pyridine rings is 1. The number of piperazine rings is 1. The molecular formula is C31H33N3O2. The maximum absolute atomic E-state index is 10.7. The average molecular weight is 480 g/mol. The van der Waals surface area contributed by atoms with Gasteiger partial charge in [-0.2, -0.15) is 0 Å². The maximum Gasteiger partial charge on any atom is 0.221 e. The van der Waals surface area contributed by atoms with Gasteiger partial charge in [-0.25, -0.2) is 4.98 Å². The molecule has 1 atom stereocenters. The van der Waals surface area contributed by atoms with Crippen LogP contribution < -0.4 is 4.74 Å². The van der Waals surface area contributed by atoms with E-state index in [0.29, 0.717) is 18.5 Å². The number of fused-ring (bicyclic) bond motifs is 3. The SMILES string of the molecule is OC(COc1nccc2ccccc12)CN1CCN(C2c3ccccc3CCc3ccccc32)CC1. The summed E-state index contributed by atoms with van der Waals surface area (Å²) in [5.41, 5.74) is 5.84. The molecule has 0 radical (unpaired) electrons. The largest absolute Gasteiger partial charge is 0.474 e. The van der Waals surface area contributed by atoms with Crippen LogP contribution in [0.4, 0.5) is 0 Å². The van der Waals surface area contributed by atoms with Crippen molar-refractivity contribution in [1.82, 2.24) is 14.8 Å². The van der Waals surface area contributed by atoms with E-state index in [2.05, 4.69) is 63.3 Å². The van der Waals surface area contributed by atoms with Gasteiger partial charge >= 0.3 is 0 Å². The minimum atomic E-state index is -0.559. The van der Waals surface area contributed by atoms with Crippen LogP contribution in [0.1, 0.15) is 28.3 Å². The third-order valence-electron chi connectivity index (χ3n) is 7.65. The van der Waals surface area contributed by atoms with E-state index >= 15 is 0 Å². The number of nitrogens with zero attached hydrogens (tertiary/aromatic N) is 3. The second-order valence-electron chi connectivity index (χ2n) is 9.94. The van der Waals surface area contributed by atoms with E-state index < -0.39 is 6.10 Å². The number of β-amino-alcohol motifs (C(OH)–C–C–N with tert-alkyl or cyclic N) is 1. The first kappa shape index (κ1) is 23.2. The Kier molecular flexibility index (Phi) is 6.69. The van der Waals surface area contributed by atoms with Gasteiger partial charge in [-0.1, -0.05) is 66.7 Å². The van der Waals surface area contributed by atoms with Crippen LogP contribution in [0.25, 0.3) is 10.8 Å². The minimum Gasteiger partial charge on any atom is -0.474 e. The first-order chi connectivity index (χ1) is 17.8. The predicted octanol–water partition coefficient (Wildman–Crippen LogP) is 4.48. The van der Waals surface area contributed by atoms with E-state index in [4.69, 9.17) is 4.74 Å². The summed E-state index contributed by atoms with van der Waals surface area (Å²) >= 11 is 0. The van der Waals surface area contributed by atoms with Gasteiger partial charge < -0.3 is 9.84 Å². The number of aryl methyl sites for hydroxylation is 2. The molecule has 3 aromatic carbocycles. The van der Waals surface area contributed by atoms with Crippen molar-refractivity contribution in [3.05, 3.63) is 107 Å². The topological polar surface area (TPSA) is 48.8 Å². The van der Waals surface area contributed by atoms with Crippen LogP contribution >= 0.6 is 0 Å². The highest BCUT2D eigenvalue weighted by atomic mass is 16.5. The zero-order valence-electron chi connectivity index (χ0n) is 20.6. The second kappa shape index (κ2) is 10.4. The molecule has 1 fully saturated rings. The van der Waals surface area contributed by atoms with Crippen molar-refractivity contribution in [1.29, 1.82) is 0 Å². The summed E-state index contributed by atoms with van der Waals surface area (Å²) < 4.78 is 5.93. The van der Waals surface area contributed by atoms with Crippen molar-refractivity contribution in [3.63, 3.8) is 0 Å². The van der Waals surface area contributed by atoms with Gasteiger partial charge in [-0.15, -0.1) is 0 Å². The Bertz CT molecular complexity index is 1280. The molecule has 5 heteroatoms. The lowest BCUT2D eigenvalue weighted by atomic mass is 9.92. The normalized spacial score (nSPS) is 17.8. The second-order valence-corrected chi connectivity index (χ2v) is 9.94. The quantitative estimate of drug-likeness (QED) is 0.442. The summed E-state index contributed by atoms with van der Waals surface area (Å²) in [6.07, 6.45) is 3.40. The van der Waals surface area contributed by atoms with Gasteiger partial charge in [0.25, 0.3) is 0 Å². The van der Waals surface area contributed by atoms with E-state index in [9.17, 15) is 5.11 Å². The Labute approximate surface area is 213 Å². The number of hydrogen-bond acceptors (Lipinski definition) is 5. The third-order valence-corrected chi connectivity index (χ3v) is 7.65. The first-order valence-corrected chi connectivity index (χ1v) is 13.0. The zero-order chi connectivity index (χ0) is 24.3. The highest BCUT2D eigenvalue weighted by Crippen LogP contribution is 2.37. The fourth-order valence-corrected chi connectivity index (χ4v) is 5.82. The number of aliphatic hydroxyl groups is 1. The molecule has 2 heterocycles. The molecule has 6 rings (SSSR count). The summed E-state index contributed by atoms with van der Waals surface area (Å²) in [6.45, 7) is 4.67. The van der Waals surface area contributed by atoms with Crippen molar-refractivity contribution in [2.24, 2.45) is 0 Å². The van der Waals surface area contributed by atoms with Crippen LogP contribution in [-0.2, 0) is 12.8 Å². The third kappa shape index (κ3) is 4.74. The molecule has 1 aliphatic carbocycles. The molecule has 1 saturated heterocycles. The highest BCUT2D eigenvalue weighted by Gasteiger charge is 2.31. The first-order valence-electron chi connectivity index (χ1n) is 13.0. The fourth-order valence-electron chi connectivity index (χ4n) is 5.82. The van der Waals surface area contributed by atoms with E-state index in [1.165, 1.54) is 22.3 Å². The van der Waals surface area contributed by atoms with Crippen LogP contribution in [0.2, 0.25) is 0 Å². The molecule has 0 spiro atoms. The van der Waals surface area contributed by atoms with Crippen molar-refractivity contribution in [3.8, 4) is 5.88 Å². The molecular weight excluding hydrogens is 446 g/mol. The lowest BCUT2D eigenvalue weighted by Crippen LogP contribution is -2.50. The number of rotatable bonds is 6. The van der Waals surface area contributed by atoms with Crippen LogP contribution in [0, 0.1) is 0 Å². The fraction of sp³-hybridized carbons (Fsp3) is 0.323. The Morgan fingerprint density at radius 2 is 1.44 bits per heavy atom. The maximum atomic E-state index is 10.7. The summed E-state index contributed by atoms with van der Waals surface area (Å²) in [5.74, 6) is 0.586. The molecule has 0 bridgehead atoms. The van der Waals surface area contributed by atoms with Gasteiger partial charge in [0.15, 0.2) is 0 Å². The van der Waals surface area contributed by atoms with Gasteiger partial charge in [-0.3, -0.25) is 9.80 Å². The molecule has 2 aliphatic rings. The number of hydrogen-bond donors (Lipinski definition) is 1. The Balaban J connectivity index is 1.10. The van der Waals surface area contributed by atoms with Gasteiger partial charge in [0.1, 0.15) is 12.7 Å². The zero-order valence-corrected chi connectivity index (χ0v) is 20.6. The monoisotopic (exact) mass is 479 g/mol. The van der Waals surface area contributed by atoms with E-state index in [-0.39, 0.29) is 6.61 Å². The summed E-state index contributed by atoms with van der Waals surface area (Å²) in [4.78, 5) is 9.36. The van der Waals surface area contributed by atoms with Gasteiger partial charge in [0.2, 0.25) is 5.88 Å². The number of benzene rings is 3. The molecule has 4 aromatic rings. The molecule has 5 nitrogen and oxygen atoms in total. The van der Waals surface area contributed by atoms with Crippen molar-refractivity contribution in [2.45, 2.75) is 25.0 Å². The van der Waals surface area contributed by atoms with Gasteiger partial charge in [0.05, 0.1) is 6.04 Å². The van der Waals surface area contributed by atoms with Crippen molar-refractivity contribution >= 4 is 10.8 Å². The molecule has 1 N–H and O–H groups in total. The lowest BCUT2D eigenvalue weighted by Gasteiger charge is -2.40. The molecule has 36 heavy (non-hydrogen) atoms. The van der Waals surface area contributed by atoms with Crippen LogP contribution in [0.3, 0.4) is 0 Å². The van der Waals surface area contributed by atoms with Crippen molar-refractivity contribution in [2.75, 3.05) is 39.3 Å². The smallest absolute Gasteiger partial charge is 0.221 e.